The van der Waals surface area contributed by atoms with Crippen molar-refractivity contribution in [2.75, 3.05) is 19.7 Å². The number of hydrogen-bond acceptors (Lipinski definition) is 2. The van der Waals surface area contributed by atoms with Crippen molar-refractivity contribution in [3.05, 3.63) is 0 Å². The second-order valence-electron chi connectivity index (χ2n) is 6.19. The third-order valence-corrected chi connectivity index (χ3v) is 3.42. The minimum absolute atomic E-state index is 0.455. The van der Waals surface area contributed by atoms with Crippen molar-refractivity contribution in [3.8, 4) is 0 Å². The van der Waals surface area contributed by atoms with Crippen LogP contribution in [0.4, 0.5) is 0 Å². The summed E-state index contributed by atoms with van der Waals surface area (Å²) in [7, 11) is 0. The Morgan fingerprint density at radius 1 is 0.895 bits per heavy atom. The Balaban J connectivity index is 3.12. The summed E-state index contributed by atoms with van der Waals surface area (Å²) in [6.07, 6.45) is 10.8. The van der Waals surface area contributed by atoms with E-state index in [4.69, 9.17) is 4.74 Å². The lowest BCUT2D eigenvalue weighted by Gasteiger charge is -2.13. The van der Waals surface area contributed by atoms with Gasteiger partial charge in [0, 0.05) is 6.61 Å². The van der Waals surface area contributed by atoms with E-state index >= 15 is 0 Å². The Morgan fingerprint density at radius 3 is 2.32 bits per heavy atom. The summed E-state index contributed by atoms with van der Waals surface area (Å²) in [6, 6.07) is 0. The summed E-state index contributed by atoms with van der Waals surface area (Å²) in [4.78, 5) is 0. The molecule has 1 N–H and O–H groups in total. The summed E-state index contributed by atoms with van der Waals surface area (Å²) in [5, 5.41) is 3.48. The van der Waals surface area contributed by atoms with Crippen LogP contribution in [0.2, 0.25) is 0 Å². The molecule has 0 aliphatic rings. The molecule has 0 spiro atoms. The smallest absolute Gasteiger partial charge is 0.0547 e. The largest absolute Gasteiger partial charge is 0.379 e. The molecule has 1 atom stereocenters. The number of nitrogens with one attached hydrogen (secondary N) is 1. The molecule has 116 valence electrons. The quantitative estimate of drug-likeness (QED) is 0.459. The highest BCUT2D eigenvalue weighted by Gasteiger charge is 2.01. The van der Waals surface area contributed by atoms with Gasteiger partial charge in [0.05, 0.1) is 6.10 Å². The lowest BCUT2D eigenvalue weighted by atomic mass is 10.1. The van der Waals surface area contributed by atoms with Crippen molar-refractivity contribution >= 4 is 0 Å². The number of unbranched alkanes of at least 4 members (excludes halogenated alkanes) is 5. The van der Waals surface area contributed by atoms with Crippen LogP contribution in [0.5, 0.6) is 0 Å². The standard InChI is InChI=1S/C17H37NO/c1-5-6-7-9-12-17(4)19-14-11-8-10-13-18-15-16(2)3/h16-18H,5-15H2,1-4H3. The van der Waals surface area contributed by atoms with E-state index in [9.17, 15) is 0 Å². The molecular formula is C17H37NO. The second kappa shape index (κ2) is 14.3. The maximum atomic E-state index is 5.85. The fourth-order valence-electron chi connectivity index (χ4n) is 2.15. The van der Waals surface area contributed by atoms with Crippen LogP contribution in [0, 0.1) is 5.92 Å². The molecule has 0 aromatic carbocycles. The minimum Gasteiger partial charge on any atom is -0.379 e. The topological polar surface area (TPSA) is 21.3 Å². The molecule has 2 heteroatoms. The third kappa shape index (κ3) is 15.9. The normalized spacial score (nSPS) is 13.1. The van der Waals surface area contributed by atoms with Crippen LogP contribution in [-0.4, -0.2) is 25.8 Å². The van der Waals surface area contributed by atoms with Crippen LogP contribution in [0.1, 0.15) is 79.1 Å². The zero-order chi connectivity index (χ0) is 14.3. The van der Waals surface area contributed by atoms with Gasteiger partial charge in [-0.2, -0.15) is 0 Å². The fourth-order valence-corrected chi connectivity index (χ4v) is 2.15. The maximum Gasteiger partial charge on any atom is 0.0547 e. The molecule has 0 aliphatic carbocycles. The summed E-state index contributed by atoms with van der Waals surface area (Å²) < 4.78 is 5.85. The van der Waals surface area contributed by atoms with Gasteiger partial charge in [-0.15, -0.1) is 0 Å². The van der Waals surface area contributed by atoms with Gasteiger partial charge >= 0.3 is 0 Å². The predicted molar refractivity (Wildman–Crippen MR) is 85.7 cm³/mol. The molecule has 0 aliphatic heterocycles. The summed E-state index contributed by atoms with van der Waals surface area (Å²) >= 11 is 0. The van der Waals surface area contributed by atoms with E-state index in [1.54, 1.807) is 0 Å². The first-order valence-electron chi connectivity index (χ1n) is 8.49. The maximum absolute atomic E-state index is 5.85. The molecule has 0 rings (SSSR count). The van der Waals surface area contributed by atoms with Gasteiger partial charge in [0.2, 0.25) is 0 Å². The van der Waals surface area contributed by atoms with Crippen molar-refractivity contribution in [1.29, 1.82) is 0 Å². The number of rotatable bonds is 14. The highest BCUT2D eigenvalue weighted by Crippen LogP contribution is 2.08. The van der Waals surface area contributed by atoms with Crippen LogP contribution in [0.25, 0.3) is 0 Å². The highest BCUT2D eigenvalue weighted by molar-refractivity contribution is 4.54. The monoisotopic (exact) mass is 271 g/mol. The lowest BCUT2D eigenvalue weighted by Crippen LogP contribution is -2.20. The first kappa shape index (κ1) is 18.9. The average Bonchev–Trinajstić information content (AvgIpc) is 2.37. The van der Waals surface area contributed by atoms with Gasteiger partial charge in [-0.3, -0.25) is 0 Å². The summed E-state index contributed by atoms with van der Waals surface area (Å²) in [6.45, 7) is 12.2. The summed E-state index contributed by atoms with van der Waals surface area (Å²) in [5.74, 6) is 0.761. The van der Waals surface area contributed by atoms with Crippen LogP contribution >= 0.6 is 0 Å². The van der Waals surface area contributed by atoms with Gasteiger partial charge in [-0.1, -0.05) is 46.5 Å². The van der Waals surface area contributed by atoms with Gasteiger partial charge in [0.15, 0.2) is 0 Å². The van der Waals surface area contributed by atoms with Gasteiger partial charge in [0.1, 0.15) is 0 Å². The lowest BCUT2D eigenvalue weighted by molar-refractivity contribution is 0.0558. The van der Waals surface area contributed by atoms with E-state index in [1.165, 1.54) is 51.4 Å². The zero-order valence-corrected chi connectivity index (χ0v) is 13.8. The zero-order valence-electron chi connectivity index (χ0n) is 13.8. The number of hydrogen-bond donors (Lipinski definition) is 1. The third-order valence-electron chi connectivity index (χ3n) is 3.42. The Hall–Kier alpha value is -0.0800. The van der Waals surface area contributed by atoms with E-state index in [1.807, 2.05) is 0 Å². The van der Waals surface area contributed by atoms with Crippen LogP contribution in [-0.2, 0) is 4.74 Å². The van der Waals surface area contributed by atoms with E-state index in [2.05, 4.69) is 33.0 Å². The van der Waals surface area contributed by atoms with Gasteiger partial charge in [-0.25, -0.2) is 0 Å². The Bertz CT molecular complexity index is 171. The van der Waals surface area contributed by atoms with Gasteiger partial charge < -0.3 is 10.1 Å². The Morgan fingerprint density at radius 2 is 1.63 bits per heavy atom. The molecule has 2 nitrogen and oxygen atoms in total. The van der Waals surface area contributed by atoms with E-state index in [-0.39, 0.29) is 0 Å². The van der Waals surface area contributed by atoms with E-state index in [0.717, 1.165) is 25.6 Å². The van der Waals surface area contributed by atoms with Gasteiger partial charge in [-0.05, 0) is 51.6 Å². The highest BCUT2D eigenvalue weighted by atomic mass is 16.5. The first-order chi connectivity index (χ1) is 9.16. The van der Waals surface area contributed by atoms with Gasteiger partial charge in [0.25, 0.3) is 0 Å². The SMILES string of the molecule is CCCCCCC(C)OCCCCCNCC(C)C. The van der Waals surface area contributed by atoms with Crippen LogP contribution in [0.15, 0.2) is 0 Å². The fraction of sp³-hybridized carbons (Fsp3) is 1.00. The molecule has 0 saturated heterocycles. The van der Waals surface area contributed by atoms with Crippen molar-refractivity contribution in [1.82, 2.24) is 5.32 Å². The van der Waals surface area contributed by atoms with Crippen molar-refractivity contribution < 1.29 is 4.74 Å². The molecular weight excluding hydrogens is 234 g/mol. The van der Waals surface area contributed by atoms with E-state index in [0.29, 0.717) is 6.10 Å². The van der Waals surface area contributed by atoms with Crippen molar-refractivity contribution in [2.24, 2.45) is 5.92 Å². The molecule has 0 amide bonds. The second-order valence-corrected chi connectivity index (χ2v) is 6.19. The van der Waals surface area contributed by atoms with Crippen molar-refractivity contribution in [3.63, 3.8) is 0 Å². The van der Waals surface area contributed by atoms with Crippen molar-refractivity contribution in [2.45, 2.75) is 85.2 Å². The molecule has 0 saturated carbocycles. The average molecular weight is 271 g/mol. The van der Waals surface area contributed by atoms with Crippen LogP contribution < -0.4 is 5.32 Å². The molecule has 0 aromatic heterocycles. The molecule has 0 bridgehead atoms. The Labute approximate surface area is 121 Å². The number of ether oxygens (including phenoxy) is 1. The minimum atomic E-state index is 0.455. The Kier molecular flexibility index (Phi) is 14.3. The summed E-state index contributed by atoms with van der Waals surface area (Å²) in [5.41, 5.74) is 0. The predicted octanol–water partition coefficient (Wildman–Crippen LogP) is 4.78. The molecule has 0 aromatic rings. The molecule has 19 heavy (non-hydrogen) atoms. The van der Waals surface area contributed by atoms with E-state index < -0.39 is 0 Å². The molecule has 0 radical (unpaired) electrons. The molecule has 0 heterocycles. The molecule has 0 fully saturated rings. The first-order valence-corrected chi connectivity index (χ1v) is 8.49. The van der Waals surface area contributed by atoms with Crippen LogP contribution in [0.3, 0.4) is 0 Å². The molecule has 1 unspecified atom stereocenters.